The molecule has 0 atom stereocenters. The number of hydrogen-bond acceptors (Lipinski definition) is 3. The Morgan fingerprint density at radius 3 is 2.68 bits per heavy atom. The number of carbonyl (C=O) groups excluding carboxylic acids is 2. The molecule has 7 heteroatoms. The second-order valence-electron chi connectivity index (χ2n) is 5.28. The molecule has 1 saturated carbocycles. The molecular formula is C15H17F2N3O2. The molecule has 1 aromatic rings. The van der Waals surface area contributed by atoms with Gasteiger partial charge in [-0.3, -0.25) is 14.6 Å². The van der Waals surface area contributed by atoms with Crippen molar-refractivity contribution in [3.05, 3.63) is 41.9 Å². The highest BCUT2D eigenvalue weighted by molar-refractivity contribution is 5.99. The van der Waals surface area contributed by atoms with Gasteiger partial charge in [0, 0.05) is 36.3 Å². The van der Waals surface area contributed by atoms with E-state index in [2.05, 4.69) is 22.2 Å². The van der Waals surface area contributed by atoms with Crippen LogP contribution in [0.3, 0.4) is 0 Å². The predicted molar refractivity (Wildman–Crippen MR) is 76.6 cm³/mol. The summed E-state index contributed by atoms with van der Waals surface area (Å²) in [5.41, 5.74) is 0.817. The molecule has 0 spiro atoms. The van der Waals surface area contributed by atoms with Gasteiger partial charge in [-0.15, -0.1) is 0 Å². The van der Waals surface area contributed by atoms with E-state index in [-0.39, 0.29) is 24.1 Å². The molecule has 1 aromatic heterocycles. The summed E-state index contributed by atoms with van der Waals surface area (Å²) in [5, 5.41) is 5.07. The van der Waals surface area contributed by atoms with Crippen molar-refractivity contribution >= 4 is 11.8 Å². The van der Waals surface area contributed by atoms with Crippen LogP contribution in [0.5, 0.6) is 0 Å². The number of amides is 2. The van der Waals surface area contributed by atoms with Crippen LogP contribution in [0, 0.1) is 0 Å². The van der Waals surface area contributed by atoms with Gasteiger partial charge in [0.15, 0.2) is 0 Å². The molecule has 2 rings (SSSR count). The Bertz CT molecular complexity index is 609. The first-order valence-electron chi connectivity index (χ1n) is 6.94. The fourth-order valence-electron chi connectivity index (χ4n) is 2.04. The number of allylic oxidation sites excluding steroid dienone is 1. The molecule has 1 aliphatic rings. The number of nitrogens with one attached hydrogen (secondary N) is 2. The molecule has 0 saturated heterocycles. The molecule has 1 aliphatic carbocycles. The molecule has 2 N–H and O–H groups in total. The molecule has 2 amide bonds. The first-order chi connectivity index (χ1) is 10.3. The molecule has 0 aromatic carbocycles. The van der Waals surface area contributed by atoms with Gasteiger partial charge < -0.3 is 10.6 Å². The molecule has 22 heavy (non-hydrogen) atoms. The number of hydrogen-bond donors (Lipinski definition) is 2. The second-order valence-corrected chi connectivity index (χ2v) is 5.28. The number of rotatable bonds is 5. The average Bonchev–Trinajstić information content (AvgIpc) is 2.45. The van der Waals surface area contributed by atoms with Crippen LogP contribution in [0.15, 0.2) is 30.6 Å². The molecule has 0 bridgehead atoms. The maximum atomic E-state index is 12.7. The number of pyridine rings is 1. The van der Waals surface area contributed by atoms with Crippen molar-refractivity contribution in [1.29, 1.82) is 0 Å². The zero-order chi connectivity index (χ0) is 16.3. The number of halogens is 2. The third-order valence-corrected chi connectivity index (χ3v) is 3.40. The van der Waals surface area contributed by atoms with E-state index in [0.29, 0.717) is 12.1 Å². The van der Waals surface area contributed by atoms with Crippen molar-refractivity contribution < 1.29 is 18.4 Å². The summed E-state index contributed by atoms with van der Waals surface area (Å²) in [7, 11) is 0. The molecule has 0 radical (unpaired) electrons. The van der Waals surface area contributed by atoms with E-state index in [1.165, 1.54) is 18.3 Å². The fourth-order valence-corrected chi connectivity index (χ4v) is 2.04. The Balaban J connectivity index is 2.00. The smallest absolute Gasteiger partial charge is 0.274 e. The minimum atomic E-state index is -2.69. The molecule has 1 heterocycles. The van der Waals surface area contributed by atoms with Gasteiger partial charge >= 0.3 is 0 Å². The standard InChI is InChI=1S/C15H17F2N3O2/c1-3-9(2)19-14(22)12-6-10(4-5-18-12)13(21)20-11-7-15(16,17)8-11/h4-6,11H,2-3,7-8H2,1H3,(H,19,22)(H,20,21). The summed E-state index contributed by atoms with van der Waals surface area (Å²) < 4.78 is 25.5. The minimum absolute atomic E-state index is 0.0705. The number of alkyl halides is 2. The van der Waals surface area contributed by atoms with Gasteiger partial charge in [-0.1, -0.05) is 13.5 Å². The second kappa shape index (κ2) is 6.21. The topological polar surface area (TPSA) is 71.1 Å². The molecule has 0 aliphatic heterocycles. The van der Waals surface area contributed by atoms with Crippen molar-refractivity contribution in [2.24, 2.45) is 0 Å². The Morgan fingerprint density at radius 2 is 2.09 bits per heavy atom. The molecule has 5 nitrogen and oxygen atoms in total. The molecule has 118 valence electrons. The van der Waals surface area contributed by atoms with E-state index < -0.39 is 23.8 Å². The zero-order valence-corrected chi connectivity index (χ0v) is 12.2. The van der Waals surface area contributed by atoms with Gasteiger partial charge in [-0.05, 0) is 18.6 Å². The maximum absolute atomic E-state index is 12.7. The van der Waals surface area contributed by atoms with E-state index in [0.717, 1.165) is 0 Å². The lowest BCUT2D eigenvalue weighted by atomic mass is 9.88. The predicted octanol–water partition coefficient (Wildman–Crippen LogP) is 2.26. The van der Waals surface area contributed by atoms with Crippen LogP contribution < -0.4 is 10.6 Å². The van der Waals surface area contributed by atoms with Crippen molar-refractivity contribution in [1.82, 2.24) is 15.6 Å². The van der Waals surface area contributed by atoms with Crippen molar-refractivity contribution in [3.8, 4) is 0 Å². The normalized spacial score (nSPS) is 16.5. The van der Waals surface area contributed by atoms with Crippen LogP contribution in [0.1, 0.15) is 47.0 Å². The summed E-state index contributed by atoms with van der Waals surface area (Å²) in [5.74, 6) is -3.65. The summed E-state index contributed by atoms with van der Waals surface area (Å²) in [6.45, 7) is 5.50. The lowest BCUT2D eigenvalue weighted by Crippen LogP contribution is -2.50. The average molecular weight is 309 g/mol. The highest BCUT2D eigenvalue weighted by atomic mass is 19.3. The van der Waals surface area contributed by atoms with E-state index >= 15 is 0 Å². The summed E-state index contributed by atoms with van der Waals surface area (Å²) in [6.07, 6.45) is 1.21. The van der Waals surface area contributed by atoms with Crippen molar-refractivity contribution in [3.63, 3.8) is 0 Å². The number of nitrogens with zero attached hydrogens (tertiary/aromatic N) is 1. The third-order valence-electron chi connectivity index (χ3n) is 3.40. The Kier molecular flexibility index (Phi) is 4.54. The minimum Gasteiger partial charge on any atom is -0.349 e. The van der Waals surface area contributed by atoms with Crippen molar-refractivity contribution in [2.75, 3.05) is 0 Å². The van der Waals surface area contributed by atoms with Gasteiger partial charge in [0.25, 0.3) is 17.7 Å². The summed E-state index contributed by atoms with van der Waals surface area (Å²) in [4.78, 5) is 27.8. The molecule has 0 unspecified atom stereocenters. The highest BCUT2D eigenvalue weighted by Gasteiger charge is 2.45. The highest BCUT2D eigenvalue weighted by Crippen LogP contribution is 2.37. The third kappa shape index (κ3) is 3.87. The quantitative estimate of drug-likeness (QED) is 0.876. The lowest BCUT2D eigenvalue weighted by molar-refractivity contribution is -0.0901. The molecular weight excluding hydrogens is 292 g/mol. The summed E-state index contributed by atoms with van der Waals surface area (Å²) in [6, 6.07) is 2.22. The van der Waals surface area contributed by atoms with Gasteiger partial charge in [-0.2, -0.15) is 0 Å². The first kappa shape index (κ1) is 16.1. The lowest BCUT2D eigenvalue weighted by Gasteiger charge is -2.35. The maximum Gasteiger partial charge on any atom is 0.274 e. The van der Waals surface area contributed by atoms with Crippen molar-refractivity contribution in [2.45, 2.75) is 38.2 Å². The van der Waals surface area contributed by atoms with Crippen LogP contribution in [0.25, 0.3) is 0 Å². The van der Waals surface area contributed by atoms with Crippen LogP contribution in [-0.4, -0.2) is 28.8 Å². The Labute approximate surface area is 126 Å². The van der Waals surface area contributed by atoms with E-state index in [4.69, 9.17) is 0 Å². The van der Waals surface area contributed by atoms with E-state index in [9.17, 15) is 18.4 Å². The van der Waals surface area contributed by atoms with Crippen LogP contribution in [-0.2, 0) is 0 Å². The fraction of sp³-hybridized carbons (Fsp3) is 0.400. The SMILES string of the molecule is C=C(CC)NC(=O)c1cc(C(=O)NC2CC(F)(F)C2)ccn1. The largest absolute Gasteiger partial charge is 0.349 e. The van der Waals surface area contributed by atoms with E-state index in [1.54, 1.807) is 0 Å². The van der Waals surface area contributed by atoms with Gasteiger partial charge in [0.1, 0.15) is 5.69 Å². The molecule has 1 fully saturated rings. The Hall–Kier alpha value is -2.31. The number of aromatic nitrogens is 1. The number of carbonyl (C=O) groups is 2. The van der Waals surface area contributed by atoms with Gasteiger partial charge in [-0.25, -0.2) is 8.78 Å². The monoisotopic (exact) mass is 309 g/mol. The van der Waals surface area contributed by atoms with Crippen LogP contribution in [0.2, 0.25) is 0 Å². The van der Waals surface area contributed by atoms with Crippen LogP contribution in [0.4, 0.5) is 8.78 Å². The van der Waals surface area contributed by atoms with Gasteiger partial charge in [0.2, 0.25) is 0 Å². The van der Waals surface area contributed by atoms with E-state index in [1.807, 2.05) is 6.92 Å². The Morgan fingerprint density at radius 1 is 1.41 bits per heavy atom. The van der Waals surface area contributed by atoms with Crippen LogP contribution >= 0.6 is 0 Å². The zero-order valence-electron chi connectivity index (χ0n) is 12.2. The van der Waals surface area contributed by atoms with Gasteiger partial charge in [0.05, 0.1) is 0 Å². The first-order valence-corrected chi connectivity index (χ1v) is 6.94. The summed E-state index contributed by atoms with van der Waals surface area (Å²) >= 11 is 0.